The summed E-state index contributed by atoms with van der Waals surface area (Å²) in [4.78, 5) is 2.38. The lowest BCUT2D eigenvalue weighted by Crippen LogP contribution is -2.36. The maximum atomic E-state index is 5.64. The predicted octanol–water partition coefficient (Wildman–Crippen LogP) is 0.715. The van der Waals surface area contributed by atoms with Crippen LogP contribution in [0.2, 0.25) is 0 Å². The van der Waals surface area contributed by atoms with Gasteiger partial charge in [-0.05, 0) is 13.0 Å². The first-order chi connectivity index (χ1) is 6.40. The summed E-state index contributed by atoms with van der Waals surface area (Å²) in [5.41, 5.74) is 0. The van der Waals surface area contributed by atoms with E-state index in [4.69, 9.17) is 21.1 Å². The molecule has 2 heterocycles. The average molecular weight is 206 g/mol. The fourth-order valence-electron chi connectivity index (χ4n) is 2.00. The third-order valence-corrected chi connectivity index (χ3v) is 2.91. The highest BCUT2D eigenvalue weighted by Crippen LogP contribution is 2.19. The maximum Gasteiger partial charge on any atom is 0.0976 e. The van der Waals surface area contributed by atoms with E-state index in [-0.39, 0.29) is 0 Å². The number of hydrogen-bond donors (Lipinski definition) is 0. The molecule has 0 aromatic rings. The third-order valence-electron chi connectivity index (χ3n) is 2.65. The number of nitrogens with zero attached hydrogens (tertiary/aromatic N) is 1. The molecule has 76 valence electrons. The van der Waals surface area contributed by atoms with Crippen molar-refractivity contribution in [2.45, 2.75) is 18.6 Å². The lowest BCUT2D eigenvalue weighted by atomic mass is 10.2. The SMILES string of the molecule is ClCCCN1C[C@@H]2OCCO[C@@H]2C1. The Hall–Kier alpha value is 0.170. The zero-order valence-corrected chi connectivity index (χ0v) is 8.50. The Kier molecular flexibility index (Phi) is 3.44. The maximum absolute atomic E-state index is 5.64. The molecule has 2 aliphatic heterocycles. The van der Waals surface area contributed by atoms with Crippen LogP contribution < -0.4 is 0 Å². The summed E-state index contributed by atoms with van der Waals surface area (Å²) in [7, 11) is 0. The summed E-state index contributed by atoms with van der Waals surface area (Å²) in [6, 6.07) is 0. The second-order valence-corrected chi connectivity index (χ2v) is 4.00. The van der Waals surface area contributed by atoms with E-state index in [1.807, 2.05) is 0 Å². The summed E-state index contributed by atoms with van der Waals surface area (Å²) < 4.78 is 11.2. The van der Waals surface area contributed by atoms with Crippen LogP contribution in [-0.2, 0) is 9.47 Å². The van der Waals surface area contributed by atoms with E-state index >= 15 is 0 Å². The van der Waals surface area contributed by atoms with Crippen LogP contribution in [0.5, 0.6) is 0 Å². The van der Waals surface area contributed by atoms with Gasteiger partial charge in [0.2, 0.25) is 0 Å². The molecule has 13 heavy (non-hydrogen) atoms. The van der Waals surface area contributed by atoms with Crippen LogP contribution in [0.25, 0.3) is 0 Å². The highest BCUT2D eigenvalue weighted by Gasteiger charge is 2.35. The lowest BCUT2D eigenvalue weighted by Gasteiger charge is -2.24. The van der Waals surface area contributed by atoms with Gasteiger partial charge in [0.1, 0.15) is 0 Å². The largest absolute Gasteiger partial charge is 0.372 e. The van der Waals surface area contributed by atoms with Crippen molar-refractivity contribution in [1.29, 1.82) is 0 Å². The Balaban J connectivity index is 1.77. The van der Waals surface area contributed by atoms with Gasteiger partial charge >= 0.3 is 0 Å². The Bertz CT molecular complexity index is 154. The van der Waals surface area contributed by atoms with Crippen molar-refractivity contribution >= 4 is 11.6 Å². The quantitative estimate of drug-likeness (QED) is 0.634. The van der Waals surface area contributed by atoms with Gasteiger partial charge in [0.05, 0.1) is 25.4 Å². The van der Waals surface area contributed by atoms with E-state index in [0.29, 0.717) is 12.2 Å². The van der Waals surface area contributed by atoms with Crippen molar-refractivity contribution in [2.24, 2.45) is 0 Å². The Morgan fingerprint density at radius 2 is 1.77 bits per heavy atom. The van der Waals surface area contributed by atoms with E-state index in [2.05, 4.69) is 4.90 Å². The number of halogens is 1. The number of fused-ring (bicyclic) bond motifs is 1. The molecule has 0 spiro atoms. The van der Waals surface area contributed by atoms with Gasteiger partial charge in [-0.1, -0.05) is 0 Å². The summed E-state index contributed by atoms with van der Waals surface area (Å²) >= 11 is 5.64. The summed E-state index contributed by atoms with van der Waals surface area (Å²) in [6.07, 6.45) is 1.68. The van der Waals surface area contributed by atoms with Gasteiger partial charge in [-0.15, -0.1) is 11.6 Å². The first-order valence-electron chi connectivity index (χ1n) is 4.91. The monoisotopic (exact) mass is 205 g/mol. The minimum absolute atomic E-state index is 0.309. The fraction of sp³-hybridized carbons (Fsp3) is 1.00. The molecule has 0 aromatic heterocycles. The van der Waals surface area contributed by atoms with Crippen molar-refractivity contribution < 1.29 is 9.47 Å². The highest BCUT2D eigenvalue weighted by atomic mass is 35.5. The molecule has 0 radical (unpaired) electrons. The second-order valence-electron chi connectivity index (χ2n) is 3.62. The van der Waals surface area contributed by atoms with Crippen molar-refractivity contribution in [3.63, 3.8) is 0 Å². The number of rotatable bonds is 3. The Morgan fingerprint density at radius 1 is 1.15 bits per heavy atom. The van der Waals surface area contributed by atoms with E-state index in [1.165, 1.54) is 0 Å². The first-order valence-corrected chi connectivity index (χ1v) is 5.45. The smallest absolute Gasteiger partial charge is 0.0976 e. The van der Waals surface area contributed by atoms with Crippen LogP contribution in [0.1, 0.15) is 6.42 Å². The van der Waals surface area contributed by atoms with E-state index in [0.717, 1.165) is 45.1 Å². The molecule has 2 rings (SSSR count). The van der Waals surface area contributed by atoms with Gasteiger partial charge in [-0.3, -0.25) is 4.90 Å². The van der Waals surface area contributed by atoms with Crippen LogP contribution in [0.4, 0.5) is 0 Å². The number of ether oxygens (including phenoxy) is 2. The molecule has 0 unspecified atom stereocenters. The van der Waals surface area contributed by atoms with Crippen molar-refractivity contribution in [3.8, 4) is 0 Å². The first kappa shape index (κ1) is 9.71. The van der Waals surface area contributed by atoms with E-state index in [1.54, 1.807) is 0 Å². The molecule has 0 amide bonds. The molecule has 3 nitrogen and oxygen atoms in total. The van der Waals surface area contributed by atoms with Crippen LogP contribution in [0.15, 0.2) is 0 Å². The van der Waals surface area contributed by atoms with Gasteiger partial charge in [-0.2, -0.15) is 0 Å². The Morgan fingerprint density at radius 3 is 2.31 bits per heavy atom. The second kappa shape index (κ2) is 4.60. The van der Waals surface area contributed by atoms with Gasteiger partial charge in [0, 0.05) is 19.0 Å². The molecule has 2 aliphatic rings. The van der Waals surface area contributed by atoms with Gasteiger partial charge in [-0.25, -0.2) is 0 Å². The summed E-state index contributed by atoms with van der Waals surface area (Å²) in [6.45, 7) is 4.61. The number of likely N-dealkylation sites (tertiary alicyclic amines) is 1. The molecule has 0 N–H and O–H groups in total. The van der Waals surface area contributed by atoms with Crippen LogP contribution in [0.3, 0.4) is 0 Å². The summed E-state index contributed by atoms with van der Waals surface area (Å²) in [5.74, 6) is 0.744. The van der Waals surface area contributed by atoms with Crippen molar-refractivity contribution in [2.75, 3.05) is 38.7 Å². The van der Waals surface area contributed by atoms with E-state index < -0.39 is 0 Å². The predicted molar refractivity (Wildman–Crippen MR) is 51.3 cm³/mol. The zero-order chi connectivity index (χ0) is 9.10. The van der Waals surface area contributed by atoms with Crippen LogP contribution >= 0.6 is 11.6 Å². The van der Waals surface area contributed by atoms with Crippen molar-refractivity contribution in [3.05, 3.63) is 0 Å². The zero-order valence-electron chi connectivity index (χ0n) is 7.75. The lowest BCUT2D eigenvalue weighted by molar-refractivity contribution is -0.116. The molecular weight excluding hydrogens is 190 g/mol. The van der Waals surface area contributed by atoms with Crippen molar-refractivity contribution in [1.82, 2.24) is 4.90 Å². The van der Waals surface area contributed by atoms with Gasteiger partial charge in [0.15, 0.2) is 0 Å². The molecule has 2 atom stereocenters. The average Bonchev–Trinajstić information content (AvgIpc) is 2.57. The molecule has 2 saturated heterocycles. The topological polar surface area (TPSA) is 21.7 Å². The summed E-state index contributed by atoms with van der Waals surface area (Å²) in [5, 5.41) is 0. The molecule has 0 saturated carbocycles. The molecule has 0 aromatic carbocycles. The molecule has 4 heteroatoms. The third kappa shape index (κ3) is 2.34. The molecule has 0 aliphatic carbocycles. The highest BCUT2D eigenvalue weighted by molar-refractivity contribution is 6.17. The minimum atomic E-state index is 0.309. The van der Waals surface area contributed by atoms with Crippen LogP contribution in [0, 0.1) is 0 Å². The van der Waals surface area contributed by atoms with Gasteiger partial charge in [0.25, 0.3) is 0 Å². The standard InChI is InChI=1S/C9H16ClNO2/c10-2-1-3-11-6-8-9(7-11)13-5-4-12-8/h8-9H,1-7H2/t8-,9+. The normalized spacial score (nSPS) is 34.8. The van der Waals surface area contributed by atoms with E-state index in [9.17, 15) is 0 Å². The Labute approximate surface area is 83.9 Å². The number of hydrogen-bond acceptors (Lipinski definition) is 3. The number of alkyl halides is 1. The molecular formula is C9H16ClNO2. The molecule has 2 fully saturated rings. The van der Waals surface area contributed by atoms with Crippen LogP contribution in [-0.4, -0.2) is 55.8 Å². The van der Waals surface area contributed by atoms with Gasteiger partial charge < -0.3 is 9.47 Å². The minimum Gasteiger partial charge on any atom is -0.372 e. The molecule has 0 bridgehead atoms. The fourth-order valence-corrected chi connectivity index (χ4v) is 2.12.